The molecular formula is C14H18N2OS. The molecule has 18 heavy (non-hydrogen) atoms. The van der Waals surface area contributed by atoms with E-state index in [9.17, 15) is 4.79 Å². The summed E-state index contributed by atoms with van der Waals surface area (Å²) in [5.41, 5.74) is 2.70. The lowest BCUT2D eigenvalue weighted by atomic mass is 9.87. The fraction of sp³-hybridized carbons (Fsp3) is 0.500. The van der Waals surface area contributed by atoms with Crippen molar-refractivity contribution in [2.45, 2.75) is 31.3 Å². The molecule has 0 saturated carbocycles. The lowest BCUT2D eigenvalue weighted by Crippen LogP contribution is -2.44. The molecule has 0 spiro atoms. The van der Waals surface area contributed by atoms with Crippen molar-refractivity contribution < 1.29 is 4.79 Å². The van der Waals surface area contributed by atoms with Crippen LogP contribution in [0.2, 0.25) is 0 Å². The monoisotopic (exact) mass is 262 g/mol. The summed E-state index contributed by atoms with van der Waals surface area (Å²) in [5.74, 6) is 1.93. The van der Waals surface area contributed by atoms with Gasteiger partial charge in [-0.2, -0.15) is 0 Å². The van der Waals surface area contributed by atoms with Gasteiger partial charge in [-0.25, -0.2) is 0 Å². The van der Waals surface area contributed by atoms with Crippen molar-refractivity contribution in [3.05, 3.63) is 35.4 Å². The second kappa shape index (κ2) is 5.33. The van der Waals surface area contributed by atoms with Crippen LogP contribution < -0.4 is 10.6 Å². The van der Waals surface area contributed by atoms with Crippen LogP contribution >= 0.6 is 11.8 Å². The first-order valence-corrected chi connectivity index (χ1v) is 7.69. The third kappa shape index (κ3) is 2.40. The second-order valence-corrected chi connectivity index (χ2v) is 5.95. The molecule has 1 fully saturated rings. The molecule has 1 aromatic carbocycles. The molecule has 1 aliphatic heterocycles. The molecule has 2 atom stereocenters. The minimum Gasteiger partial charge on any atom is -0.348 e. The van der Waals surface area contributed by atoms with E-state index in [4.69, 9.17) is 0 Å². The van der Waals surface area contributed by atoms with E-state index in [0.29, 0.717) is 0 Å². The highest BCUT2D eigenvalue weighted by molar-refractivity contribution is 7.99. The van der Waals surface area contributed by atoms with Gasteiger partial charge in [-0.1, -0.05) is 24.3 Å². The van der Waals surface area contributed by atoms with Crippen LogP contribution in [0.4, 0.5) is 0 Å². The first-order chi connectivity index (χ1) is 8.84. The fourth-order valence-electron chi connectivity index (χ4n) is 2.74. The maximum absolute atomic E-state index is 12.1. The van der Waals surface area contributed by atoms with E-state index in [1.807, 2.05) is 0 Å². The Morgan fingerprint density at radius 1 is 1.39 bits per heavy atom. The Bertz CT molecular complexity index is 443. The minimum atomic E-state index is -0.0101. The number of carbonyl (C=O) groups excluding carboxylic acids is 1. The SMILES string of the molecule is O=C(NC1CCCc2ccccc21)C1CSCN1. The van der Waals surface area contributed by atoms with Gasteiger partial charge in [0.1, 0.15) is 0 Å². The Hall–Kier alpha value is -1.00. The molecular weight excluding hydrogens is 244 g/mol. The normalized spacial score (nSPS) is 26.7. The molecule has 2 aliphatic rings. The number of thioether (sulfide) groups is 1. The maximum atomic E-state index is 12.1. The largest absolute Gasteiger partial charge is 0.348 e. The van der Waals surface area contributed by atoms with Crippen molar-refractivity contribution in [2.24, 2.45) is 0 Å². The van der Waals surface area contributed by atoms with Gasteiger partial charge in [-0.05, 0) is 30.4 Å². The van der Waals surface area contributed by atoms with Gasteiger partial charge < -0.3 is 5.32 Å². The quantitative estimate of drug-likeness (QED) is 0.854. The molecule has 1 heterocycles. The summed E-state index contributed by atoms with van der Waals surface area (Å²) in [7, 11) is 0. The van der Waals surface area contributed by atoms with Crippen molar-refractivity contribution in [2.75, 3.05) is 11.6 Å². The number of carbonyl (C=O) groups is 1. The zero-order chi connectivity index (χ0) is 12.4. The highest BCUT2D eigenvalue weighted by Gasteiger charge is 2.27. The Kier molecular flexibility index (Phi) is 3.57. The van der Waals surface area contributed by atoms with E-state index in [1.165, 1.54) is 11.1 Å². The lowest BCUT2D eigenvalue weighted by Gasteiger charge is -2.27. The van der Waals surface area contributed by atoms with Crippen molar-refractivity contribution in [3.8, 4) is 0 Å². The highest BCUT2D eigenvalue weighted by Crippen LogP contribution is 2.29. The molecule has 2 N–H and O–H groups in total. The van der Waals surface area contributed by atoms with Gasteiger partial charge in [0.25, 0.3) is 0 Å². The zero-order valence-electron chi connectivity index (χ0n) is 10.3. The first-order valence-electron chi connectivity index (χ1n) is 6.54. The van der Waals surface area contributed by atoms with Gasteiger partial charge >= 0.3 is 0 Å². The predicted molar refractivity (Wildman–Crippen MR) is 74.5 cm³/mol. The van der Waals surface area contributed by atoms with Gasteiger partial charge in [0.05, 0.1) is 12.1 Å². The molecule has 2 unspecified atom stereocenters. The van der Waals surface area contributed by atoms with Gasteiger partial charge in [0.15, 0.2) is 0 Å². The molecule has 3 rings (SSSR count). The van der Waals surface area contributed by atoms with Crippen LogP contribution in [0.5, 0.6) is 0 Å². The van der Waals surface area contributed by atoms with Crippen molar-refractivity contribution in [1.82, 2.24) is 10.6 Å². The number of hydrogen-bond donors (Lipinski definition) is 2. The molecule has 1 aromatic rings. The Morgan fingerprint density at radius 3 is 3.11 bits per heavy atom. The van der Waals surface area contributed by atoms with Gasteiger partial charge in [-0.15, -0.1) is 11.8 Å². The summed E-state index contributed by atoms with van der Waals surface area (Å²) in [6.45, 7) is 0. The Labute approximate surface area is 112 Å². The van der Waals surface area contributed by atoms with Crippen LogP contribution in [0, 0.1) is 0 Å². The predicted octanol–water partition coefficient (Wildman–Crippen LogP) is 1.84. The van der Waals surface area contributed by atoms with E-state index in [-0.39, 0.29) is 18.0 Å². The van der Waals surface area contributed by atoms with Gasteiger partial charge in [0, 0.05) is 11.6 Å². The smallest absolute Gasteiger partial charge is 0.238 e. The molecule has 1 aliphatic carbocycles. The molecule has 96 valence electrons. The summed E-state index contributed by atoms with van der Waals surface area (Å²) < 4.78 is 0. The number of nitrogens with one attached hydrogen (secondary N) is 2. The molecule has 0 bridgehead atoms. The third-order valence-electron chi connectivity index (χ3n) is 3.72. The van der Waals surface area contributed by atoms with Crippen LogP contribution in [0.25, 0.3) is 0 Å². The molecule has 0 aromatic heterocycles. The summed E-state index contributed by atoms with van der Waals surface area (Å²) in [6, 6.07) is 8.66. The zero-order valence-corrected chi connectivity index (χ0v) is 11.1. The lowest BCUT2D eigenvalue weighted by molar-refractivity contribution is -0.123. The highest BCUT2D eigenvalue weighted by atomic mass is 32.2. The number of rotatable bonds is 2. The van der Waals surface area contributed by atoms with E-state index in [0.717, 1.165) is 30.9 Å². The summed E-state index contributed by atoms with van der Waals surface area (Å²) >= 11 is 1.79. The van der Waals surface area contributed by atoms with E-state index >= 15 is 0 Å². The average Bonchev–Trinajstić information content (AvgIpc) is 2.93. The minimum absolute atomic E-state index is 0.0101. The van der Waals surface area contributed by atoms with E-state index in [2.05, 4.69) is 34.9 Å². The number of benzene rings is 1. The van der Waals surface area contributed by atoms with Crippen LogP contribution in [0.1, 0.15) is 30.0 Å². The molecule has 4 heteroatoms. The molecule has 1 amide bonds. The fourth-order valence-corrected chi connectivity index (χ4v) is 3.68. The average molecular weight is 262 g/mol. The molecule has 0 radical (unpaired) electrons. The summed E-state index contributed by atoms with van der Waals surface area (Å²) in [6.07, 6.45) is 3.36. The van der Waals surface area contributed by atoms with Crippen molar-refractivity contribution in [3.63, 3.8) is 0 Å². The summed E-state index contributed by atoms with van der Waals surface area (Å²) in [4.78, 5) is 12.1. The van der Waals surface area contributed by atoms with E-state index < -0.39 is 0 Å². The van der Waals surface area contributed by atoms with E-state index in [1.54, 1.807) is 11.8 Å². The standard InChI is InChI=1S/C14H18N2OS/c17-14(13-8-18-9-15-13)16-12-7-3-5-10-4-1-2-6-11(10)12/h1-2,4,6,12-13,15H,3,5,7-9H2,(H,16,17). The Balaban J connectivity index is 1.72. The first kappa shape index (κ1) is 12.1. The van der Waals surface area contributed by atoms with Crippen LogP contribution in [0.3, 0.4) is 0 Å². The van der Waals surface area contributed by atoms with Gasteiger partial charge in [0.2, 0.25) is 5.91 Å². The summed E-state index contributed by atoms with van der Waals surface area (Å²) in [5, 5.41) is 6.42. The third-order valence-corrected chi connectivity index (χ3v) is 4.66. The van der Waals surface area contributed by atoms with Crippen molar-refractivity contribution >= 4 is 17.7 Å². The Morgan fingerprint density at radius 2 is 2.28 bits per heavy atom. The van der Waals surface area contributed by atoms with Crippen molar-refractivity contribution in [1.29, 1.82) is 0 Å². The molecule has 1 saturated heterocycles. The van der Waals surface area contributed by atoms with Crippen LogP contribution in [-0.4, -0.2) is 23.6 Å². The van der Waals surface area contributed by atoms with Gasteiger partial charge in [-0.3, -0.25) is 10.1 Å². The topological polar surface area (TPSA) is 41.1 Å². The van der Waals surface area contributed by atoms with Crippen LogP contribution in [-0.2, 0) is 11.2 Å². The number of aryl methyl sites for hydroxylation is 1. The molecule has 3 nitrogen and oxygen atoms in total. The number of fused-ring (bicyclic) bond motifs is 1. The number of amides is 1. The maximum Gasteiger partial charge on any atom is 0.238 e. The second-order valence-electron chi connectivity index (χ2n) is 4.92. The van der Waals surface area contributed by atoms with Crippen LogP contribution in [0.15, 0.2) is 24.3 Å². The number of hydrogen-bond acceptors (Lipinski definition) is 3.